The van der Waals surface area contributed by atoms with E-state index in [0.717, 1.165) is 21.4 Å². The second kappa shape index (κ2) is 10.2. The molecule has 1 unspecified atom stereocenters. The van der Waals surface area contributed by atoms with E-state index in [1.165, 1.54) is 36.0 Å². The van der Waals surface area contributed by atoms with Crippen LogP contribution in [0.15, 0.2) is 95.9 Å². The second-order valence-electron chi connectivity index (χ2n) is 7.56. The number of nitro benzene ring substituents is 1. The summed E-state index contributed by atoms with van der Waals surface area (Å²) in [6.45, 7) is 1.83. The minimum atomic E-state index is -0.514. The van der Waals surface area contributed by atoms with E-state index >= 15 is 0 Å². The quantitative estimate of drug-likeness (QED) is 0.192. The van der Waals surface area contributed by atoms with Crippen molar-refractivity contribution in [2.24, 2.45) is 0 Å². The molecule has 0 spiro atoms. The van der Waals surface area contributed by atoms with Crippen LogP contribution < -0.4 is 10.6 Å². The van der Waals surface area contributed by atoms with Crippen molar-refractivity contribution in [2.45, 2.75) is 17.1 Å². The normalized spacial score (nSPS) is 11.6. The Hall–Kier alpha value is -4.17. The zero-order valence-corrected chi connectivity index (χ0v) is 19.0. The van der Waals surface area contributed by atoms with Gasteiger partial charge in [-0.3, -0.25) is 19.7 Å². The Bertz CT molecular complexity index is 1370. The van der Waals surface area contributed by atoms with E-state index in [9.17, 15) is 19.7 Å². The van der Waals surface area contributed by atoms with Crippen molar-refractivity contribution in [3.05, 3.63) is 107 Å². The van der Waals surface area contributed by atoms with Crippen LogP contribution in [0.4, 0.5) is 17.1 Å². The van der Waals surface area contributed by atoms with Crippen LogP contribution in [-0.4, -0.2) is 22.0 Å². The lowest BCUT2D eigenvalue weighted by Crippen LogP contribution is -2.22. The molecule has 0 aliphatic carbocycles. The average Bonchev–Trinajstić information content (AvgIpc) is 2.84. The van der Waals surface area contributed by atoms with E-state index in [-0.39, 0.29) is 22.8 Å². The molecule has 1 atom stereocenters. The van der Waals surface area contributed by atoms with Crippen LogP contribution in [0.2, 0.25) is 0 Å². The van der Waals surface area contributed by atoms with E-state index in [1.54, 1.807) is 18.2 Å². The minimum Gasteiger partial charge on any atom is -0.325 e. The zero-order chi connectivity index (χ0) is 24.1. The number of hydrogen-bond donors (Lipinski definition) is 2. The molecule has 7 nitrogen and oxygen atoms in total. The van der Waals surface area contributed by atoms with Gasteiger partial charge in [0.1, 0.15) is 0 Å². The molecular weight excluding hydrogens is 450 g/mol. The van der Waals surface area contributed by atoms with E-state index in [4.69, 9.17) is 0 Å². The van der Waals surface area contributed by atoms with Gasteiger partial charge in [0, 0.05) is 39.4 Å². The maximum Gasteiger partial charge on any atom is 0.269 e. The molecule has 0 bridgehead atoms. The summed E-state index contributed by atoms with van der Waals surface area (Å²) >= 11 is 1.38. The van der Waals surface area contributed by atoms with Gasteiger partial charge in [-0.1, -0.05) is 42.5 Å². The van der Waals surface area contributed by atoms with E-state index in [2.05, 4.69) is 10.6 Å². The molecule has 0 aliphatic rings. The predicted molar refractivity (Wildman–Crippen MR) is 135 cm³/mol. The summed E-state index contributed by atoms with van der Waals surface area (Å²) in [6, 6.07) is 26.2. The first kappa shape index (κ1) is 23.0. The first-order valence-electron chi connectivity index (χ1n) is 10.5. The molecule has 2 amide bonds. The number of carbonyl (C=O) groups excluding carboxylic acids is 2. The molecule has 4 aromatic rings. The summed E-state index contributed by atoms with van der Waals surface area (Å²) in [6.07, 6.45) is 0. The molecule has 4 aromatic carbocycles. The molecule has 8 heteroatoms. The van der Waals surface area contributed by atoms with E-state index < -0.39 is 4.92 Å². The van der Waals surface area contributed by atoms with Crippen LogP contribution in [0, 0.1) is 10.1 Å². The van der Waals surface area contributed by atoms with Crippen LogP contribution in [0.5, 0.6) is 0 Å². The van der Waals surface area contributed by atoms with Crippen molar-refractivity contribution in [3.8, 4) is 0 Å². The maximum absolute atomic E-state index is 12.8. The monoisotopic (exact) mass is 471 g/mol. The molecule has 0 heterocycles. The average molecular weight is 472 g/mol. The van der Waals surface area contributed by atoms with Crippen LogP contribution in [-0.2, 0) is 4.79 Å². The molecular formula is C26H21N3O4S. The molecule has 34 heavy (non-hydrogen) atoms. The number of fused-ring (bicyclic) bond motifs is 1. The smallest absolute Gasteiger partial charge is 0.269 e. The number of nitrogens with one attached hydrogen (secondary N) is 2. The van der Waals surface area contributed by atoms with Crippen molar-refractivity contribution in [3.63, 3.8) is 0 Å². The van der Waals surface area contributed by atoms with Gasteiger partial charge in [-0.2, -0.15) is 0 Å². The standard InChI is InChI=1S/C26H21N3O4S/c1-17(25(30)28-24-11-4-7-18-6-2-3-10-23(18)24)34-22-9-5-8-20(16-22)27-26(31)19-12-14-21(15-13-19)29(32)33/h2-17H,1H3,(H,27,31)(H,28,30). The maximum atomic E-state index is 12.8. The Labute approximate surface area is 200 Å². The number of hydrogen-bond acceptors (Lipinski definition) is 5. The molecule has 0 aliphatic heterocycles. The number of non-ortho nitro benzene ring substituents is 1. The third-order valence-electron chi connectivity index (χ3n) is 5.16. The molecule has 170 valence electrons. The first-order chi connectivity index (χ1) is 16.4. The van der Waals surface area contributed by atoms with E-state index in [0.29, 0.717) is 11.3 Å². The van der Waals surface area contributed by atoms with Crippen LogP contribution in [0.1, 0.15) is 17.3 Å². The summed E-state index contributed by atoms with van der Waals surface area (Å²) in [4.78, 5) is 36.4. The highest BCUT2D eigenvalue weighted by Gasteiger charge is 2.16. The highest BCUT2D eigenvalue weighted by Crippen LogP contribution is 2.28. The van der Waals surface area contributed by atoms with Gasteiger partial charge in [0.25, 0.3) is 11.6 Å². The molecule has 2 N–H and O–H groups in total. The fourth-order valence-electron chi connectivity index (χ4n) is 3.41. The number of anilines is 2. The number of amides is 2. The fourth-order valence-corrected chi connectivity index (χ4v) is 4.34. The zero-order valence-electron chi connectivity index (χ0n) is 18.2. The highest BCUT2D eigenvalue weighted by atomic mass is 32.2. The summed E-state index contributed by atoms with van der Waals surface area (Å²) in [5.41, 5.74) is 1.56. The number of thioether (sulfide) groups is 1. The molecule has 0 fully saturated rings. The molecule has 0 saturated heterocycles. The van der Waals surface area contributed by atoms with Crippen LogP contribution in [0.3, 0.4) is 0 Å². The predicted octanol–water partition coefficient (Wildman–Crippen LogP) is 6.12. The van der Waals surface area contributed by atoms with Gasteiger partial charge in [0.05, 0.1) is 10.2 Å². The summed E-state index contributed by atoms with van der Waals surface area (Å²) in [5, 5.41) is 18.2. The molecule has 0 radical (unpaired) electrons. The van der Waals surface area contributed by atoms with Gasteiger partial charge < -0.3 is 10.6 Å². The third-order valence-corrected chi connectivity index (χ3v) is 6.26. The van der Waals surface area contributed by atoms with Crippen molar-refractivity contribution >= 4 is 51.4 Å². The Balaban J connectivity index is 1.40. The summed E-state index contributed by atoms with van der Waals surface area (Å²) < 4.78 is 0. The Morgan fingerprint density at radius 2 is 1.59 bits per heavy atom. The van der Waals surface area contributed by atoms with Gasteiger partial charge in [-0.25, -0.2) is 0 Å². The van der Waals surface area contributed by atoms with Gasteiger partial charge in [0.2, 0.25) is 5.91 Å². The van der Waals surface area contributed by atoms with Gasteiger partial charge in [-0.05, 0) is 48.7 Å². The lowest BCUT2D eigenvalue weighted by atomic mass is 10.1. The lowest BCUT2D eigenvalue weighted by molar-refractivity contribution is -0.384. The second-order valence-corrected chi connectivity index (χ2v) is 8.98. The van der Waals surface area contributed by atoms with Gasteiger partial charge in [0.15, 0.2) is 0 Å². The number of nitrogens with zero attached hydrogens (tertiary/aromatic N) is 1. The SMILES string of the molecule is CC(Sc1cccc(NC(=O)c2ccc([N+](=O)[O-])cc2)c1)C(=O)Nc1cccc2ccccc12. The Morgan fingerprint density at radius 1 is 0.882 bits per heavy atom. The topological polar surface area (TPSA) is 101 Å². The third kappa shape index (κ3) is 5.41. The number of benzene rings is 4. The molecule has 0 aromatic heterocycles. The van der Waals surface area contributed by atoms with Crippen molar-refractivity contribution < 1.29 is 14.5 Å². The van der Waals surface area contributed by atoms with Gasteiger partial charge >= 0.3 is 0 Å². The van der Waals surface area contributed by atoms with Crippen LogP contribution in [0.25, 0.3) is 10.8 Å². The van der Waals surface area contributed by atoms with Crippen molar-refractivity contribution in [1.29, 1.82) is 0 Å². The lowest BCUT2D eigenvalue weighted by Gasteiger charge is -2.14. The molecule has 0 saturated carbocycles. The largest absolute Gasteiger partial charge is 0.325 e. The van der Waals surface area contributed by atoms with Crippen molar-refractivity contribution in [2.75, 3.05) is 10.6 Å². The Kier molecular flexibility index (Phi) is 6.89. The summed E-state index contributed by atoms with van der Waals surface area (Å²) in [5.74, 6) is -0.500. The minimum absolute atomic E-state index is 0.0780. The van der Waals surface area contributed by atoms with E-state index in [1.807, 2.05) is 55.5 Å². The summed E-state index contributed by atoms with van der Waals surface area (Å²) in [7, 11) is 0. The number of carbonyl (C=O) groups is 2. The Morgan fingerprint density at radius 3 is 2.35 bits per heavy atom. The highest BCUT2D eigenvalue weighted by molar-refractivity contribution is 8.00. The van der Waals surface area contributed by atoms with Crippen molar-refractivity contribution in [1.82, 2.24) is 0 Å². The fraction of sp³-hybridized carbons (Fsp3) is 0.0769. The number of nitro groups is 1. The molecule has 4 rings (SSSR count). The first-order valence-corrected chi connectivity index (χ1v) is 11.4. The van der Waals surface area contributed by atoms with Crippen LogP contribution >= 0.6 is 11.8 Å². The number of rotatable bonds is 7. The van der Waals surface area contributed by atoms with Gasteiger partial charge in [-0.15, -0.1) is 11.8 Å².